The molecule has 1 aromatic carbocycles. The van der Waals surface area contributed by atoms with Gasteiger partial charge in [0.25, 0.3) is 5.91 Å². The number of amides is 1. The minimum atomic E-state index is -4.59. The summed E-state index contributed by atoms with van der Waals surface area (Å²) in [5.74, 6) is -0.995. The van der Waals surface area contributed by atoms with E-state index >= 15 is 0 Å². The fraction of sp³-hybridized carbons (Fsp3) is 0.235. The normalized spacial score (nSPS) is 12.4. The summed E-state index contributed by atoms with van der Waals surface area (Å²) in [6.07, 6.45) is -7.82. The van der Waals surface area contributed by atoms with Crippen molar-refractivity contribution in [1.82, 2.24) is 20.1 Å². The lowest BCUT2D eigenvalue weighted by Crippen LogP contribution is -2.33. The number of aryl methyl sites for hydroxylation is 1. The Bertz CT molecular complexity index is 1020. The second kappa shape index (κ2) is 6.80. The van der Waals surface area contributed by atoms with Gasteiger partial charge in [-0.25, -0.2) is 4.98 Å². The molecule has 3 rings (SSSR count). The zero-order valence-corrected chi connectivity index (χ0v) is 14.2. The first kappa shape index (κ1) is 19.6. The molecular formula is C17H12F6N4O. The van der Waals surface area contributed by atoms with E-state index in [1.54, 1.807) is 5.32 Å². The first-order valence-electron chi connectivity index (χ1n) is 7.81. The molecule has 0 aliphatic carbocycles. The number of hydrogen-bond donors (Lipinski definition) is 1. The van der Waals surface area contributed by atoms with Gasteiger partial charge in [0.15, 0.2) is 5.65 Å². The van der Waals surface area contributed by atoms with Crippen LogP contribution >= 0.6 is 0 Å². The Hall–Kier alpha value is -3.11. The molecule has 0 atom stereocenters. The summed E-state index contributed by atoms with van der Waals surface area (Å²) in [6, 6.07) is 5.27. The molecule has 0 aliphatic rings. The van der Waals surface area contributed by atoms with Gasteiger partial charge in [-0.15, -0.1) is 0 Å². The van der Waals surface area contributed by atoms with E-state index in [9.17, 15) is 31.1 Å². The van der Waals surface area contributed by atoms with Gasteiger partial charge in [-0.3, -0.25) is 9.48 Å². The summed E-state index contributed by atoms with van der Waals surface area (Å²) in [6.45, 7) is -1.52. The van der Waals surface area contributed by atoms with Gasteiger partial charge >= 0.3 is 12.4 Å². The molecule has 2 heterocycles. The first-order valence-corrected chi connectivity index (χ1v) is 7.81. The Labute approximate surface area is 154 Å². The molecular weight excluding hydrogens is 390 g/mol. The number of rotatable bonds is 3. The zero-order valence-electron chi connectivity index (χ0n) is 14.2. The molecule has 28 heavy (non-hydrogen) atoms. The lowest BCUT2D eigenvalue weighted by Gasteiger charge is -2.11. The minimum absolute atomic E-state index is 0.114. The Morgan fingerprint density at radius 1 is 1.11 bits per heavy atom. The number of halogens is 6. The summed E-state index contributed by atoms with van der Waals surface area (Å²) in [7, 11) is 1.52. The van der Waals surface area contributed by atoms with Gasteiger partial charge in [-0.2, -0.15) is 31.4 Å². The topological polar surface area (TPSA) is 59.8 Å². The van der Waals surface area contributed by atoms with E-state index < -0.39 is 30.4 Å². The third-order valence-corrected chi connectivity index (χ3v) is 3.91. The van der Waals surface area contributed by atoms with Crippen LogP contribution in [0.3, 0.4) is 0 Å². The van der Waals surface area contributed by atoms with E-state index in [0.29, 0.717) is 0 Å². The van der Waals surface area contributed by atoms with Gasteiger partial charge in [-0.05, 0) is 18.2 Å². The maximum atomic E-state index is 12.7. The summed E-state index contributed by atoms with van der Waals surface area (Å²) < 4.78 is 76.6. The number of carbonyl (C=O) groups is 1. The number of hydrogen-bond acceptors (Lipinski definition) is 3. The molecule has 0 aliphatic heterocycles. The lowest BCUT2D eigenvalue weighted by atomic mass is 10.0. The fourth-order valence-electron chi connectivity index (χ4n) is 2.56. The summed E-state index contributed by atoms with van der Waals surface area (Å²) in [5.41, 5.74) is -0.379. The Morgan fingerprint density at radius 2 is 1.75 bits per heavy atom. The zero-order chi connectivity index (χ0) is 20.7. The van der Waals surface area contributed by atoms with Gasteiger partial charge in [0, 0.05) is 12.6 Å². The second-order valence-corrected chi connectivity index (χ2v) is 5.93. The van der Waals surface area contributed by atoms with Crippen molar-refractivity contribution in [2.24, 2.45) is 7.05 Å². The molecule has 11 heteroatoms. The lowest BCUT2D eigenvalue weighted by molar-refractivity contribution is -0.137. The van der Waals surface area contributed by atoms with Crippen molar-refractivity contribution in [3.63, 3.8) is 0 Å². The molecule has 2 aromatic heterocycles. The van der Waals surface area contributed by atoms with Crippen molar-refractivity contribution in [3.8, 4) is 11.3 Å². The SMILES string of the molecule is Cn1ncc2c(C(=O)NCC(F)(F)F)cc(-c3ccc(C(F)(F)F)cc3)nc21. The molecule has 0 radical (unpaired) electrons. The van der Waals surface area contributed by atoms with Crippen LogP contribution in [0.25, 0.3) is 22.3 Å². The number of benzene rings is 1. The number of fused-ring (bicyclic) bond motifs is 1. The van der Waals surface area contributed by atoms with Crippen LogP contribution in [0.15, 0.2) is 36.5 Å². The van der Waals surface area contributed by atoms with Crippen LogP contribution in [0.4, 0.5) is 26.3 Å². The van der Waals surface area contributed by atoms with Crippen LogP contribution in [0.5, 0.6) is 0 Å². The highest BCUT2D eigenvalue weighted by Gasteiger charge is 2.30. The van der Waals surface area contributed by atoms with Crippen LogP contribution in [0, 0.1) is 0 Å². The van der Waals surface area contributed by atoms with E-state index in [0.717, 1.165) is 12.1 Å². The van der Waals surface area contributed by atoms with Crippen LogP contribution in [0.1, 0.15) is 15.9 Å². The number of carbonyl (C=O) groups excluding carboxylic acids is 1. The highest BCUT2D eigenvalue weighted by atomic mass is 19.4. The molecule has 0 saturated heterocycles. The van der Waals surface area contributed by atoms with E-state index in [1.165, 1.54) is 36.1 Å². The van der Waals surface area contributed by atoms with E-state index in [-0.39, 0.29) is 27.9 Å². The quantitative estimate of drug-likeness (QED) is 0.675. The van der Waals surface area contributed by atoms with Crippen molar-refractivity contribution in [2.75, 3.05) is 6.54 Å². The predicted molar refractivity (Wildman–Crippen MR) is 87.3 cm³/mol. The third kappa shape index (κ3) is 4.07. The van der Waals surface area contributed by atoms with Crippen LogP contribution < -0.4 is 5.32 Å². The van der Waals surface area contributed by atoms with Crippen molar-refractivity contribution in [1.29, 1.82) is 0 Å². The first-order chi connectivity index (χ1) is 13.0. The highest BCUT2D eigenvalue weighted by molar-refractivity contribution is 6.06. The molecule has 0 fully saturated rings. The van der Waals surface area contributed by atoms with Crippen molar-refractivity contribution < 1.29 is 31.1 Å². The molecule has 1 amide bonds. The molecule has 5 nitrogen and oxygen atoms in total. The third-order valence-electron chi connectivity index (χ3n) is 3.91. The predicted octanol–water partition coefficient (Wildman–Crippen LogP) is 3.95. The standard InChI is InChI=1S/C17H12F6N4O/c1-27-14-12(7-25-27)11(15(28)24-8-16(18,19)20)6-13(26-14)9-2-4-10(5-3-9)17(21,22)23/h2-7H,8H2,1H3,(H,24,28). The maximum absolute atomic E-state index is 12.7. The number of alkyl halides is 6. The maximum Gasteiger partial charge on any atom is 0.416 e. The van der Waals surface area contributed by atoms with Crippen LogP contribution in [0.2, 0.25) is 0 Å². The van der Waals surface area contributed by atoms with Crippen molar-refractivity contribution in [3.05, 3.63) is 47.7 Å². The van der Waals surface area contributed by atoms with E-state index in [1.807, 2.05) is 0 Å². The highest BCUT2D eigenvalue weighted by Crippen LogP contribution is 2.31. The average Bonchev–Trinajstić information content (AvgIpc) is 2.99. The summed E-state index contributed by atoms with van der Waals surface area (Å²) in [4.78, 5) is 16.5. The molecule has 0 bridgehead atoms. The molecule has 0 unspecified atom stereocenters. The summed E-state index contributed by atoms with van der Waals surface area (Å²) in [5, 5.41) is 5.92. The Morgan fingerprint density at radius 3 is 2.32 bits per heavy atom. The van der Waals surface area contributed by atoms with Crippen LogP contribution in [-0.2, 0) is 13.2 Å². The van der Waals surface area contributed by atoms with Gasteiger partial charge in [0.1, 0.15) is 6.54 Å². The minimum Gasteiger partial charge on any atom is -0.343 e. The van der Waals surface area contributed by atoms with Crippen molar-refractivity contribution in [2.45, 2.75) is 12.4 Å². The largest absolute Gasteiger partial charge is 0.416 e. The van der Waals surface area contributed by atoms with Gasteiger partial charge in [-0.1, -0.05) is 12.1 Å². The molecule has 0 saturated carbocycles. The second-order valence-electron chi connectivity index (χ2n) is 5.93. The average molecular weight is 402 g/mol. The van der Waals surface area contributed by atoms with E-state index in [4.69, 9.17) is 0 Å². The fourth-order valence-corrected chi connectivity index (χ4v) is 2.56. The number of aromatic nitrogens is 3. The van der Waals surface area contributed by atoms with Gasteiger partial charge in [0.05, 0.1) is 28.4 Å². The van der Waals surface area contributed by atoms with Crippen LogP contribution in [-0.4, -0.2) is 33.4 Å². The van der Waals surface area contributed by atoms with E-state index in [2.05, 4.69) is 10.1 Å². The summed E-state index contributed by atoms with van der Waals surface area (Å²) >= 11 is 0. The van der Waals surface area contributed by atoms with Gasteiger partial charge < -0.3 is 5.32 Å². The molecule has 1 N–H and O–H groups in total. The van der Waals surface area contributed by atoms with Crippen molar-refractivity contribution >= 4 is 16.9 Å². The molecule has 3 aromatic rings. The monoisotopic (exact) mass is 402 g/mol. The number of nitrogens with one attached hydrogen (secondary N) is 1. The molecule has 0 spiro atoms. The molecule has 148 valence electrons. The van der Waals surface area contributed by atoms with Gasteiger partial charge in [0.2, 0.25) is 0 Å². The number of nitrogens with zero attached hydrogens (tertiary/aromatic N) is 3. The number of pyridine rings is 1. The smallest absolute Gasteiger partial charge is 0.343 e. The Kier molecular flexibility index (Phi) is 4.77. The Balaban J connectivity index is 2.04.